The highest BCUT2D eigenvalue weighted by molar-refractivity contribution is 8.13. The maximum absolute atomic E-state index is 12.1. The Kier molecular flexibility index (Phi) is 5.65. The minimum absolute atomic E-state index is 0.0269. The number of rotatable bonds is 5. The summed E-state index contributed by atoms with van der Waals surface area (Å²) in [6, 6.07) is 5.69. The van der Waals surface area contributed by atoms with E-state index in [9.17, 15) is 14.4 Å². The van der Waals surface area contributed by atoms with Crippen LogP contribution in [0.2, 0.25) is 0 Å². The smallest absolute Gasteiger partial charge is 0.282 e. The number of likely N-dealkylation sites (N-methyl/N-ethyl adjacent to an activating group) is 1. The van der Waals surface area contributed by atoms with E-state index in [0.29, 0.717) is 12.3 Å². The molecular weight excluding hydrogens is 314 g/mol. The molecule has 7 heteroatoms. The molecule has 6 nitrogen and oxygen atoms in total. The SMILES string of the molecule is Cc1cccc(NC(=O)CN(C)C(=O)CN2CCSC2=O)c1C. The number of carbonyl (C=O) groups excluding carboxylic acids is 3. The zero-order valence-electron chi connectivity index (χ0n) is 13.6. The minimum atomic E-state index is -0.253. The van der Waals surface area contributed by atoms with Crippen LogP contribution in [0, 0.1) is 13.8 Å². The van der Waals surface area contributed by atoms with Gasteiger partial charge in [-0.2, -0.15) is 0 Å². The number of amides is 3. The highest BCUT2D eigenvalue weighted by Crippen LogP contribution is 2.18. The Morgan fingerprint density at radius 3 is 2.74 bits per heavy atom. The van der Waals surface area contributed by atoms with Crippen molar-refractivity contribution < 1.29 is 14.4 Å². The summed E-state index contributed by atoms with van der Waals surface area (Å²) in [5, 5.41) is 2.74. The summed E-state index contributed by atoms with van der Waals surface area (Å²) in [6.07, 6.45) is 0. The van der Waals surface area contributed by atoms with Crippen LogP contribution in [0.1, 0.15) is 11.1 Å². The Hall–Kier alpha value is -2.02. The lowest BCUT2D eigenvalue weighted by Crippen LogP contribution is -2.41. The van der Waals surface area contributed by atoms with Gasteiger partial charge >= 0.3 is 0 Å². The van der Waals surface area contributed by atoms with Crippen molar-refractivity contribution in [1.82, 2.24) is 9.80 Å². The molecule has 2 rings (SSSR count). The van der Waals surface area contributed by atoms with Crippen LogP contribution >= 0.6 is 11.8 Å². The van der Waals surface area contributed by atoms with Gasteiger partial charge in [-0.3, -0.25) is 14.4 Å². The molecule has 0 aliphatic carbocycles. The lowest BCUT2D eigenvalue weighted by Gasteiger charge is -2.21. The summed E-state index contributed by atoms with van der Waals surface area (Å²) in [5.74, 6) is 0.219. The molecule has 1 aromatic carbocycles. The Balaban J connectivity index is 1.87. The van der Waals surface area contributed by atoms with E-state index >= 15 is 0 Å². The number of nitrogens with one attached hydrogen (secondary N) is 1. The Morgan fingerprint density at radius 1 is 1.35 bits per heavy atom. The normalized spacial score (nSPS) is 14.0. The molecule has 1 fully saturated rings. The van der Waals surface area contributed by atoms with Gasteiger partial charge in [0, 0.05) is 25.0 Å². The van der Waals surface area contributed by atoms with Gasteiger partial charge in [-0.05, 0) is 31.0 Å². The predicted molar refractivity (Wildman–Crippen MR) is 91.6 cm³/mol. The van der Waals surface area contributed by atoms with Crippen LogP contribution in [0.3, 0.4) is 0 Å². The second-order valence-corrected chi connectivity index (χ2v) is 6.63. The Bertz CT molecular complexity index is 633. The second-order valence-electron chi connectivity index (χ2n) is 5.58. The summed E-state index contributed by atoms with van der Waals surface area (Å²) in [5.41, 5.74) is 2.86. The lowest BCUT2D eigenvalue weighted by atomic mass is 10.1. The Labute approximate surface area is 140 Å². The molecular formula is C16H21N3O3S. The zero-order valence-corrected chi connectivity index (χ0v) is 14.4. The number of thioether (sulfide) groups is 1. The first-order valence-corrected chi connectivity index (χ1v) is 8.39. The second kappa shape index (κ2) is 7.50. The number of hydrogen-bond acceptors (Lipinski definition) is 4. The molecule has 23 heavy (non-hydrogen) atoms. The standard InChI is InChI=1S/C16H21N3O3S/c1-11-5-4-6-13(12(11)2)17-14(20)9-18(3)15(21)10-19-7-8-23-16(19)22/h4-6H,7-10H2,1-3H3,(H,17,20). The molecule has 1 saturated heterocycles. The fourth-order valence-electron chi connectivity index (χ4n) is 2.23. The van der Waals surface area contributed by atoms with Gasteiger partial charge in [0.15, 0.2) is 0 Å². The zero-order chi connectivity index (χ0) is 17.0. The molecule has 0 unspecified atom stereocenters. The molecule has 3 amide bonds. The van der Waals surface area contributed by atoms with E-state index in [2.05, 4.69) is 5.32 Å². The van der Waals surface area contributed by atoms with Crippen LogP contribution < -0.4 is 5.32 Å². The molecule has 0 spiro atoms. The minimum Gasteiger partial charge on any atom is -0.335 e. The molecule has 1 aliphatic rings. The van der Waals surface area contributed by atoms with Crippen LogP contribution in [0.15, 0.2) is 18.2 Å². The van der Waals surface area contributed by atoms with E-state index in [4.69, 9.17) is 0 Å². The van der Waals surface area contributed by atoms with Gasteiger partial charge in [0.2, 0.25) is 11.8 Å². The molecule has 0 radical (unpaired) electrons. The average molecular weight is 335 g/mol. The molecule has 0 bridgehead atoms. The molecule has 1 heterocycles. The van der Waals surface area contributed by atoms with E-state index in [-0.39, 0.29) is 30.1 Å². The highest BCUT2D eigenvalue weighted by Gasteiger charge is 2.25. The van der Waals surface area contributed by atoms with Gasteiger partial charge in [-0.1, -0.05) is 23.9 Å². The summed E-state index contributed by atoms with van der Waals surface area (Å²) in [4.78, 5) is 38.6. The van der Waals surface area contributed by atoms with Crippen molar-refractivity contribution in [1.29, 1.82) is 0 Å². The number of benzene rings is 1. The summed E-state index contributed by atoms with van der Waals surface area (Å²) >= 11 is 1.21. The van der Waals surface area contributed by atoms with Crippen molar-refractivity contribution in [3.8, 4) is 0 Å². The average Bonchev–Trinajstić information content (AvgIpc) is 2.89. The van der Waals surface area contributed by atoms with E-state index in [1.54, 1.807) is 7.05 Å². The third-order valence-electron chi connectivity index (χ3n) is 3.86. The van der Waals surface area contributed by atoms with Crippen LogP contribution in [0.25, 0.3) is 0 Å². The van der Waals surface area contributed by atoms with E-state index in [1.807, 2.05) is 32.0 Å². The van der Waals surface area contributed by atoms with Crippen LogP contribution in [0.4, 0.5) is 10.5 Å². The molecule has 0 saturated carbocycles. The third kappa shape index (κ3) is 4.48. The highest BCUT2D eigenvalue weighted by atomic mass is 32.2. The predicted octanol–water partition coefficient (Wildman–Crippen LogP) is 1.87. The molecule has 1 N–H and O–H groups in total. The topological polar surface area (TPSA) is 69.7 Å². The summed E-state index contributed by atoms with van der Waals surface area (Å²) in [6.45, 7) is 4.49. The van der Waals surface area contributed by atoms with Crippen molar-refractivity contribution in [3.05, 3.63) is 29.3 Å². The van der Waals surface area contributed by atoms with Crippen LogP contribution in [-0.2, 0) is 9.59 Å². The molecule has 0 atom stereocenters. The first-order chi connectivity index (χ1) is 10.9. The first-order valence-electron chi connectivity index (χ1n) is 7.40. The van der Waals surface area contributed by atoms with Gasteiger partial charge in [-0.15, -0.1) is 0 Å². The number of nitrogens with zero attached hydrogens (tertiary/aromatic N) is 2. The fourth-order valence-corrected chi connectivity index (χ4v) is 3.06. The lowest BCUT2D eigenvalue weighted by molar-refractivity contribution is -0.133. The number of carbonyl (C=O) groups is 3. The van der Waals surface area contributed by atoms with Crippen molar-refractivity contribution in [2.24, 2.45) is 0 Å². The maximum Gasteiger partial charge on any atom is 0.282 e. The van der Waals surface area contributed by atoms with Gasteiger partial charge in [0.25, 0.3) is 5.24 Å². The van der Waals surface area contributed by atoms with Gasteiger partial charge in [0.1, 0.15) is 6.54 Å². The molecule has 0 aromatic heterocycles. The number of hydrogen-bond donors (Lipinski definition) is 1. The van der Waals surface area contributed by atoms with Gasteiger partial charge in [-0.25, -0.2) is 0 Å². The Morgan fingerprint density at radius 2 is 2.09 bits per heavy atom. The third-order valence-corrected chi connectivity index (χ3v) is 4.75. The van der Waals surface area contributed by atoms with E-state index in [0.717, 1.165) is 16.8 Å². The monoisotopic (exact) mass is 335 g/mol. The number of anilines is 1. The van der Waals surface area contributed by atoms with E-state index < -0.39 is 0 Å². The molecule has 1 aromatic rings. The van der Waals surface area contributed by atoms with E-state index in [1.165, 1.54) is 21.6 Å². The maximum atomic E-state index is 12.1. The summed E-state index contributed by atoms with van der Waals surface area (Å²) < 4.78 is 0. The largest absolute Gasteiger partial charge is 0.335 e. The quantitative estimate of drug-likeness (QED) is 0.892. The fraction of sp³-hybridized carbons (Fsp3) is 0.438. The first kappa shape index (κ1) is 17.3. The van der Waals surface area contributed by atoms with Gasteiger partial charge < -0.3 is 15.1 Å². The summed E-state index contributed by atoms with van der Waals surface area (Å²) in [7, 11) is 1.57. The number of aryl methyl sites for hydroxylation is 1. The van der Waals surface area contributed by atoms with Crippen LogP contribution in [-0.4, -0.2) is 59.3 Å². The van der Waals surface area contributed by atoms with Crippen molar-refractivity contribution in [2.75, 3.05) is 37.8 Å². The van der Waals surface area contributed by atoms with Gasteiger partial charge in [0.05, 0.1) is 6.54 Å². The molecule has 124 valence electrons. The van der Waals surface area contributed by atoms with Crippen LogP contribution in [0.5, 0.6) is 0 Å². The van der Waals surface area contributed by atoms with Crippen molar-refractivity contribution >= 4 is 34.5 Å². The van der Waals surface area contributed by atoms with Crippen molar-refractivity contribution in [3.63, 3.8) is 0 Å². The van der Waals surface area contributed by atoms with Crippen molar-refractivity contribution in [2.45, 2.75) is 13.8 Å². The molecule has 1 aliphatic heterocycles.